The Balaban J connectivity index is 1.62. The summed E-state index contributed by atoms with van der Waals surface area (Å²) in [6.07, 6.45) is 1.42. The second-order valence-corrected chi connectivity index (χ2v) is 6.94. The van der Waals surface area contributed by atoms with E-state index in [0.717, 1.165) is 0 Å². The maximum absolute atomic E-state index is 14.0. The number of nitrogens with one attached hydrogen (secondary N) is 1. The minimum absolute atomic E-state index is 0.0685. The molecule has 2 aromatic rings. The van der Waals surface area contributed by atoms with E-state index >= 15 is 0 Å². The Morgan fingerprint density at radius 2 is 1.78 bits per heavy atom. The van der Waals surface area contributed by atoms with Crippen LogP contribution in [0.15, 0.2) is 47.1 Å². The molecule has 1 fully saturated rings. The van der Waals surface area contributed by atoms with Gasteiger partial charge in [0.1, 0.15) is 11.9 Å². The first-order chi connectivity index (χ1) is 13.0. The van der Waals surface area contributed by atoms with Crippen molar-refractivity contribution in [2.45, 2.75) is 19.9 Å². The first kappa shape index (κ1) is 18.9. The van der Waals surface area contributed by atoms with Crippen molar-refractivity contribution in [3.05, 3.63) is 54.2 Å². The molecule has 144 valence electrons. The third-order valence-electron chi connectivity index (χ3n) is 4.75. The zero-order valence-corrected chi connectivity index (χ0v) is 15.5. The van der Waals surface area contributed by atoms with Gasteiger partial charge in [-0.2, -0.15) is 0 Å². The van der Waals surface area contributed by atoms with E-state index in [-0.39, 0.29) is 23.4 Å². The highest BCUT2D eigenvalue weighted by atomic mass is 19.1. The molecule has 2 amide bonds. The molecule has 0 aliphatic carbocycles. The molecule has 1 N–H and O–H groups in total. The van der Waals surface area contributed by atoms with Crippen LogP contribution < -0.4 is 10.2 Å². The molecule has 6 nitrogen and oxygen atoms in total. The van der Waals surface area contributed by atoms with Crippen molar-refractivity contribution < 1.29 is 18.4 Å². The van der Waals surface area contributed by atoms with Crippen LogP contribution in [0.2, 0.25) is 0 Å². The lowest BCUT2D eigenvalue weighted by atomic mass is 10.0. The predicted octanol–water partition coefficient (Wildman–Crippen LogP) is 2.52. The largest absolute Gasteiger partial charge is 0.459 e. The summed E-state index contributed by atoms with van der Waals surface area (Å²) >= 11 is 0. The van der Waals surface area contributed by atoms with Gasteiger partial charge in [0.15, 0.2) is 5.76 Å². The van der Waals surface area contributed by atoms with Crippen molar-refractivity contribution in [1.29, 1.82) is 0 Å². The molecule has 0 radical (unpaired) electrons. The smallest absolute Gasteiger partial charge is 0.287 e. The molecule has 1 atom stereocenters. The van der Waals surface area contributed by atoms with Gasteiger partial charge in [-0.15, -0.1) is 0 Å². The minimum atomic E-state index is -0.636. The molecule has 27 heavy (non-hydrogen) atoms. The van der Waals surface area contributed by atoms with Gasteiger partial charge in [-0.05, 0) is 30.2 Å². The molecule has 0 bridgehead atoms. The molecule has 1 saturated heterocycles. The minimum Gasteiger partial charge on any atom is -0.459 e. The van der Waals surface area contributed by atoms with Gasteiger partial charge in [0.2, 0.25) is 5.91 Å². The number of carbonyl (C=O) groups excluding carboxylic acids is 2. The number of rotatable bonds is 5. The number of hydrogen-bond acceptors (Lipinski definition) is 4. The van der Waals surface area contributed by atoms with E-state index < -0.39 is 11.9 Å². The van der Waals surface area contributed by atoms with E-state index in [9.17, 15) is 14.0 Å². The lowest BCUT2D eigenvalue weighted by Crippen LogP contribution is -2.56. The average Bonchev–Trinajstić information content (AvgIpc) is 3.21. The van der Waals surface area contributed by atoms with Crippen molar-refractivity contribution in [2.24, 2.45) is 5.92 Å². The summed E-state index contributed by atoms with van der Waals surface area (Å²) in [5.74, 6) is -0.683. The Kier molecular flexibility index (Phi) is 5.78. The summed E-state index contributed by atoms with van der Waals surface area (Å²) in [7, 11) is 0. The molecule has 7 heteroatoms. The maximum atomic E-state index is 14.0. The quantitative estimate of drug-likeness (QED) is 0.875. The monoisotopic (exact) mass is 373 g/mol. The third kappa shape index (κ3) is 4.30. The van der Waals surface area contributed by atoms with Gasteiger partial charge in [-0.3, -0.25) is 9.59 Å². The van der Waals surface area contributed by atoms with Crippen LogP contribution >= 0.6 is 0 Å². The topological polar surface area (TPSA) is 65.8 Å². The highest BCUT2D eigenvalue weighted by Crippen LogP contribution is 2.21. The van der Waals surface area contributed by atoms with E-state index in [4.69, 9.17) is 4.42 Å². The van der Waals surface area contributed by atoms with E-state index in [1.807, 2.05) is 18.7 Å². The maximum Gasteiger partial charge on any atom is 0.287 e. The second kappa shape index (κ2) is 8.24. The fraction of sp³-hybridized carbons (Fsp3) is 0.400. The SMILES string of the molecule is CC(C)[C@H](NC(=O)c1ccco1)C(=O)N1CCN(c2ccccc2F)CC1. The van der Waals surface area contributed by atoms with Crippen LogP contribution in [0.5, 0.6) is 0 Å². The Morgan fingerprint density at radius 1 is 1.07 bits per heavy atom. The van der Waals surface area contributed by atoms with Crippen LogP contribution in [-0.4, -0.2) is 48.9 Å². The van der Waals surface area contributed by atoms with E-state index in [2.05, 4.69) is 5.32 Å². The van der Waals surface area contributed by atoms with E-state index in [1.54, 1.807) is 35.2 Å². The van der Waals surface area contributed by atoms with Gasteiger partial charge in [-0.1, -0.05) is 26.0 Å². The Bertz CT molecular complexity index is 784. The van der Waals surface area contributed by atoms with E-state index in [0.29, 0.717) is 31.9 Å². The number of hydrogen-bond donors (Lipinski definition) is 1. The summed E-state index contributed by atoms with van der Waals surface area (Å²) in [5.41, 5.74) is 0.552. The van der Waals surface area contributed by atoms with E-state index in [1.165, 1.54) is 12.3 Å². The third-order valence-corrected chi connectivity index (χ3v) is 4.75. The number of nitrogens with zero attached hydrogens (tertiary/aromatic N) is 2. The zero-order chi connectivity index (χ0) is 19.4. The molecule has 1 aromatic heterocycles. The van der Waals surface area contributed by atoms with Crippen molar-refractivity contribution >= 4 is 17.5 Å². The van der Waals surface area contributed by atoms with Crippen LogP contribution in [0, 0.1) is 11.7 Å². The Labute approximate surface area is 157 Å². The predicted molar refractivity (Wildman–Crippen MR) is 100.0 cm³/mol. The van der Waals surface area contributed by atoms with Gasteiger partial charge in [0, 0.05) is 26.2 Å². The van der Waals surface area contributed by atoms with Crippen LogP contribution in [0.25, 0.3) is 0 Å². The molecule has 1 aliphatic rings. The average molecular weight is 373 g/mol. The van der Waals surface area contributed by atoms with Gasteiger partial charge in [-0.25, -0.2) is 4.39 Å². The molecule has 2 heterocycles. The molecule has 0 unspecified atom stereocenters. The lowest BCUT2D eigenvalue weighted by molar-refractivity contribution is -0.134. The standard InChI is InChI=1S/C20H24FN3O3/c1-14(2)18(22-19(25)17-8-5-13-27-17)20(26)24-11-9-23(10-12-24)16-7-4-3-6-15(16)21/h3-8,13-14,18H,9-12H2,1-2H3,(H,22,25)/t18-/m0/s1. The van der Waals surface area contributed by atoms with Crippen LogP contribution in [0.4, 0.5) is 10.1 Å². The number of anilines is 1. The van der Waals surface area contributed by atoms with Crippen molar-refractivity contribution in [2.75, 3.05) is 31.1 Å². The highest BCUT2D eigenvalue weighted by Gasteiger charge is 2.31. The molecule has 3 rings (SSSR count). The Hall–Kier alpha value is -2.83. The number of carbonyl (C=O) groups is 2. The first-order valence-electron chi connectivity index (χ1n) is 9.10. The van der Waals surface area contributed by atoms with Crippen LogP contribution in [0.1, 0.15) is 24.4 Å². The van der Waals surface area contributed by atoms with Crippen molar-refractivity contribution in [3.8, 4) is 0 Å². The van der Waals surface area contributed by atoms with Gasteiger partial charge >= 0.3 is 0 Å². The number of para-hydroxylation sites is 1. The van der Waals surface area contributed by atoms with Gasteiger partial charge in [0.05, 0.1) is 12.0 Å². The number of benzene rings is 1. The summed E-state index contributed by atoms with van der Waals surface area (Å²) in [6, 6.07) is 9.19. The molecule has 1 aromatic carbocycles. The zero-order valence-electron chi connectivity index (χ0n) is 15.5. The first-order valence-corrected chi connectivity index (χ1v) is 9.10. The summed E-state index contributed by atoms with van der Waals surface area (Å²) < 4.78 is 19.1. The number of furan rings is 1. The fourth-order valence-corrected chi connectivity index (χ4v) is 3.21. The van der Waals surface area contributed by atoms with Crippen LogP contribution in [-0.2, 0) is 4.79 Å². The Morgan fingerprint density at radius 3 is 2.37 bits per heavy atom. The van der Waals surface area contributed by atoms with Crippen molar-refractivity contribution in [1.82, 2.24) is 10.2 Å². The lowest BCUT2D eigenvalue weighted by Gasteiger charge is -2.38. The second-order valence-electron chi connectivity index (χ2n) is 6.94. The molecular formula is C20H24FN3O3. The van der Waals surface area contributed by atoms with Crippen molar-refractivity contribution in [3.63, 3.8) is 0 Å². The van der Waals surface area contributed by atoms with Gasteiger partial charge < -0.3 is 19.5 Å². The summed E-state index contributed by atoms with van der Waals surface area (Å²) in [6.45, 7) is 5.83. The highest BCUT2D eigenvalue weighted by molar-refractivity contribution is 5.95. The summed E-state index contributed by atoms with van der Waals surface area (Å²) in [5, 5.41) is 2.77. The number of piperazine rings is 1. The molecule has 1 aliphatic heterocycles. The number of halogens is 1. The van der Waals surface area contributed by atoms with Crippen LogP contribution in [0.3, 0.4) is 0 Å². The molecule has 0 saturated carbocycles. The van der Waals surface area contributed by atoms with Gasteiger partial charge in [0.25, 0.3) is 5.91 Å². The molecular weight excluding hydrogens is 349 g/mol. The summed E-state index contributed by atoms with van der Waals surface area (Å²) in [4.78, 5) is 28.9. The fourth-order valence-electron chi connectivity index (χ4n) is 3.21. The number of amides is 2. The molecule has 0 spiro atoms. The normalized spacial score (nSPS) is 15.7.